The smallest absolute Gasteiger partial charge is 0.245 e. The predicted molar refractivity (Wildman–Crippen MR) is 69.3 cm³/mol. The summed E-state index contributed by atoms with van der Waals surface area (Å²) in [5.74, 6) is -1.07. The molecule has 7 heteroatoms. The number of benzene rings is 1. The summed E-state index contributed by atoms with van der Waals surface area (Å²) in [7, 11) is 0. The Bertz CT molecular complexity index is 592. The second-order valence-electron chi connectivity index (χ2n) is 4.90. The third kappa shape index (κ3) is 2.48. The minimum absolute atomic E-state index is 0.127. The van der Waals surface area contributed by atoms with Gasteiger partial charge in [0.2, 0.25) is 5.95 Å². The molecule has 0 aliphatic carbocycles. The highest BCUT2D eigenvalue weighted by molar-refractivity contribution is 5.30. The van der Waals surface area contributed by atoms with Crippen molar-refractivity contribution < 1.29 is 8.78 Å². The third-order valence-electron chi connectivity index (χ3n) is 3.50. The summed E-state index contributed by atoms with van der Waals surface area (Å²) in [4.78, 5) is 2.08. The molecule has 20 heavy (non-hydrogen) atoms. The van der Waals surface area contributed by atoms with Gasteiger partial charge in [-0.05, 0) is 35.8 Å². The number of aromatic nitrogens is 4. The van der Waals surface area contributed by atoms with Gasteiger partial charge in [-0.15, -0.1) is 0 Å². The zero-order valence-electron chi connectivity index (χ0n) is 11.0. The van der Waals surface area contributed by atoms with E-state index in [1.807, 2.05) is 0 Å². The van der Waals surface area contributed by atoms with Crippen molar-refractivity contribution in [2.45, 2.75) is 25.8 Å². The van der Waals surface area contributed by atoms with Crippen LogP contribution in [0.15, 0.2) is 18.2 Å². The van der Waals surface area contributed by atoms with Crippen molar-refractivity contribution in [2.75, 3.05) is 18.0 Å². The van der Waals surface area contributed by atoms with E-state index in [0.29, 0.717) is 5.95 Å². The fraction of sp³-hybridized carbons (Fsp3) is 0.462. The van der Waals surface area contributed by atoms with E-state index in [9.17, 15) is 8.78 Å². The largest absolute Gasteiger partial charge is 0.340 e. The Balaban J connectivity index is 1.84. The zero-order chi connectivity index (χ0) is 13.9. The van der Waals surface area contributed by atoms with Crippen LogP contribution in [0.3, 0.4) is 0 Å². The minimum Gasteiger partial charge on any atom is -0.340 e. The second kappa shape index (κ2) is 5.52. The number of nitrogens with zero attached hydrogens (tertiary/aromatic N) is 5. The molecule has 1 aromatic heterocycles. The third-order valence-corrected chi connectivity index (χ3v) is 3.50. The fourth-order valence-electron chi connectivity index (χ4n) is 2.45. The summed E-state index contributed by atoms with van der Waals surface area (Å²) >= 11 is 0. The summed E-state index contributed by atoms with van der Waals surface area (Å²) in [6.45, 7) is 1.92. The molecule has 0 bridgehead atoms. The van der Waals surface area contributed by atoms with Gasteiger partial charge in [-0.25, -0.2) is 13.5 Å². The van der Waals surface area contributed by atoms with E-state index in [1.54, 1.807) is 6.07 Å². The van der Waals surface area contributed by atoms with Crippen LogP contribution in [0.25, 0.3) is 0 Å². The average molecular weight is 279 g/mol. The maximum absolute atomic E-state index is 13.7. The van der Waals surface area contributed by atoms with E-state index in [-0.39, 0.29) is 12.1 Å². The number of piperidine rings is 1. The lowest BCUT2D eigenvalue weighted by molar-refractivity contribution is 0.488. The molecule has 1 aliphatic heterocycles. The first-order valence-electron chi connectivity index (χ1n) is 6.70. The summed E-state index contributed by atoms with van der Waals surface area (Å²) in [6, 6.07) is 4.13. The molecule has 2 heterocycles. The quantitative estimate of drug-likeness (QED) is 0.862. The van der Waals surface area contributed by atoms with E-state index >= 15 is 0 Å². The van der Waals surface area contributed by atoms with Gasteiger partial charge in [-0.2, -0.15) is 0 Å². The molecule has 106 valence electrons. The fourth-order valence-corrected chi connectivity index (χ4v) is 2.45. The van der Waals surface area contributed by atoms with Crippen molar-refractivity contribution in [3.63, 3.8) is 0 Å². The molecule has 1 aliphatic rings. The van der Waals surface area contributed by atoms with Gasteiger partial charge in [-0.1, -0.05) is 17.2 Å². The molecule has 1 fully saturated rings. The summed E-state index contributed by atoms with van der Waals surface area (Å²) in [5, 5.41) is 11.5. The Morgan fingerprint density at radius 1 is 1.10 bits per heavy atom. The molecule has 0 spiro atoms. The lowest BCUT2D eigenvalue weighted by Gasteiger charge is -2.26. The molecule has 5 nitrogen and oxygen atoms in total. The van der Waals surface area contributed by atoms with Gasteiger partial charge in [-0.3, -0.25) is 0 Å². The predicted octanol–water partition coefficient (Wildman–Crippen LogP) is 1.99. The van der Waals surface area contributed by atoms with Crippen LogP contribution in [0.2, 0.25) is 0 Å². The Labute approximate surface area is 115 Å². The normalized spacial score (nSPS) is 15.6. The SMILES string of the molecule is Fc1cccc(Cn2nnnc2N2CCCCC2)c1F. The molecule has 0 saturated carbocycles. The highest BCUT2D eigenvalue weighted by atomic mass is 19.2. The van der Waals surface area contributed by atoms with Crippen molar-refractivity contribution in [2.24, 2.45) is 0 Å². The summed E-state index contributed by atoms with van der Waals surface area (Å²) < 4.78 is 28.4. The Kier molecular flexibility index (Phi) is 3.58. The van der Waals surface area contributed by atoms with Crippen molar-refractivity contribution >= 4 is 5.95 Å². The summed E-state index contributed by atoms with van der Waals surface area (Å²) in [5.41, 5.74) is 0.246. The van der Waals surface area contributed by atoms with Crippen LogP contribution in [0.4, 0.5) is 14.7 Å². The topological polar surface area (TPSA) is 46.8 Å². The van der Waals surface area contributed by atoms with Crippen LogP contribution < -0.4 is 4.90 Å². The van der Waals surface area contributed by atoms with Crippen LogP contribution >= 0.6 is 0 Å². The highest BCUT2D eigenvalue weighted by Gasteiger charge is 2.18. The Hall–Kier alpha value is -2.05. The van der Waals surface area contributed by atoms with Crippen molar-refractivity contribution in [3.8, 4) is 0 Å². The lowest BCUT2D eigenvalue weighted by atomic mass is 10.1. The van der Waals surface area contributed by atoms with Crippen LogP contribution in [0, 0.1) is 11.6 Å². The maximum Gasteiger partial charge on any atom is 0.245 e. The second-order valence-corrected chi connectivity index (χ2v) is 4.90. The number of hydrogen-bond acceptors (Lipinski definition) is 4. The van der Waals surface area contributed by atoms with Gasteiger partial charge in [0, 0.05) is 18.7 Å². The monoisotopic (exact) mass is 279 g/mol. The van der Waals surface area contributed by atoms with Gasteiger partial charge < -0.3 is 4.90 Å². The van der Waals surface area contributed by atoms with Gasteiger partial charge in [0.25, 0.3) is 0 Å². The standard InChI is InChI=1S/C13H15F2N5/c14-11-6-4-5-10(12(11)15)9-20-13(16-17-18-20)19-7-2-1-3-8-19/h4-6H,1-3,7-9H2. The molecule has 0 N–H and O–H groups in total. The number of tetrazole rings is 1. The number of rotatable bonds is 3. The molecule has 0 radical (unpaired) electrons. The van der Waals surface area contributed by atoms with Crippen molar-refractivity contribution in [1.29, 1.82) is 0 Å². The molecule has 0 atom stereocenters. The Morgan fingerprint density at radius 2 is 1.90 bits per heavy atom. The van der Waals surface area contributed by atoms with Crippen LogP contribution in [-0.2, 0) is 6.54 Å². The van der Waals surface area contributed by atoms with E-state index in [2.05, 4.69) is 20.4 Å². The van der Waals surface area contributed by atoms with Crippen molar-refractivity contribution in [3.05, 3.63) is 35.4 Å². The van der Waals surface area contributed by atoms with Crippen molar-refractivity contribution in [1.82, 2.24) is 20.2 Å². The highest BCUT2D eigenvalue weighted by Crippen LogP contribution is 2.18. The van der Waals surface area contributed by atoms with E-state index in [0.717, 1.165) is 32.0 Å². The first-order chi connectivity index (χ1) is 9.75. The first-order valence-corrected chi connectivity index (χ1v) is 6.70. The van der Waals surface area contributed by atoms with Crippen LogP contribution in [-0.4, -0.2) is 33.3 Å². The molecule has 0 unspecified atom stereocenters. The number of halogens is 2. The minimum atomic E-state index is -0.852. The Morgan fingerprint density at radius 3 is 2.70 bits per heavy atom. The van der Waals surface area contributed by atoms with Gasteiger partial charge >= 0.3 is 0 Å². The molecular weight excluding hydrogens is 264 g/mol. The molecule has 2 aromatic rings. The lowest BCUT2D eigenvalue weighted by Crippen LogP contribution is -2.32. The average Bonchev–Trinajstić information content (AvgIpc) is 2.93. The number of hydrogen-bond donors (Lipinski definition) is 0. The van der Waals surface area contributed by atoms with E-state index in [4.69, 9.17) is 0 Å². The summed E-state index contributed by atoms with van der Waals surface area (Å²) in [6.07, 6.45) is 3.40. The van der Waals surface area contributed by atoms with Crippen LogP contribution in [0.1, 0.15) is 24.8 Å². The van der Waals surface area contributed by atoms with Crippen LogP contribution in [0.5, 0.6) is 0 Å². The van der Waals surface area contributed by atoms with E-state index in [1.165, 1.54) is 17.2 Å². The van der Waals surface area contributed by atoms with Gasteiger partial charge in [0.15, 0.2) is 11.6 Å². The molecule has 0 amide bonds. The maximum atomic E-state index is 13.7. The molecule has 3 rings (SSSR count). The molecule has 1 aromatic carbocycles. The zero-order valence-corrected chi connectivity index (χ0v) is 11.0. The van der Waals surface area contributed by atoms with Gasteiger partial charge in [0.1, 0.15) is 0 Å². The van der Waals surface area contributed by atoms with E-state index < -0.39 is 11.6 Å². The molecular formula is C13H15F2N5. The number of anilines is 1. The molecule has 1 saturated heterocycles. The van der Waals surface area contributed by atoms with Gasteiger partial charge in [0.05, 0.1) is 6.54 Å². The first kappa shape index (κ1) is 13.0.